The normalized spacial score (nSPS) is 11.4. The van der Waals surface area contributed by atoms with Gasteiger partial charge in [-0.3, -0.25) is 4.99 Å². The lowest BCUT2D eigenvalue weighted by molar-refractivity contribution is 0.744. The quantitative estimate of drug-likeness (QED) is 0.488. The van der Waals surface area contributed by atoms with Crippen LogP contribution in [0, 0.1) is 6.92 Å². The maximum Gasteiger partial charge on any atom is 0.191 e. The van der Waals surface area contributed by atoms with Gasteiger partial charge in [-0.1, -0.05) is 30.3 Å². The van der Waals surface area contributed by atoms with E-state index in [4.69, 9.17) is 0 Å². The van der Waals surface area contributed by atoms with E-state index in [1.807, 2.05) is 18.4 Å². The molecule has 1 heterocycles. The van der Waals surface area contributed by atoms with E-state index in [1.54, 1.807) is 0 Å². The molecule has 112 valence electrons. The number of nitrogens with zero attached hydrogens (tertiary/aromatic N) is 1. The summed E-state index contributed by atoms with van der Waals surface area (Å²) in [5.41, 5.74) is 1.39. The Kier molecular flexibility index (Phi) is 6.28. The van der Waals surface area contributed by atoms with Crippen molar-refractivity contribution in [3.8, 4) is 0 Å². The van der Waals surface area contributed by atoms with Gasteiger partial charge in [0.05, 0.1) is 6.54 Å². The molecule has 1 aromatic heterocycles. The van der Waals surface area contributed by atoms with Gasteiger partial charge in [0.25, 0.3) is 0 Å². The number of aliphatic imine (C=N–C) groups is 1. The minimum Gasteiger partial charge on any atom is -0.356 e. The summed E-state index contributed by atoms with van der Waals surface area (Å²) in [6.45, 7) is 3.89. The summed E-state index contributed by atoms with van der Waals surface area (Å²) in [5.74, 6) is 0.870. The first-order valence-corrected chi connectivity index (χ1v) is 8.13. The number of aryl methyl sites for hydroxylation is 2. The molecule has 0 unspecified atom stereocenters. The number of rotatable bonds is 6. The van der Waals surface area contributed by atoms with Crippen molar-refractivity contribution in [1.82, 2.24) is 10.6 Å². The standard InChI is InChI=1S/C17H23N3S/c1-14-10-11-16(21-14)13-20-17(18-2)19-12-6-9-15-7-4-3-5-8-15/h3-5,7-8,10-11H,6,9,12-13H2,1-2H3,(H2,18,19,20). The van der Waals surface area contributed by atoms with Crippen molar-refractivity contribution in [2.75, 3.05) is 13.6 Å². The van der Waals surface area contributed by atoms with E-state index in [0.717, 1.165) is 31.9 Å². The van der Waals surface area contributed by atoms with E-state index in [-0.39, 0.29) is 0 Å². The highest BCUT2D eigenvalue weighted by Crippen LogP contribution is 2.14. The lowest BCUT2D eigenvalue weighted by Crippen LogP contribution is -2.37. The van der Waals surface area contributed by atoms with Gasteiger partial charge in [0, 0.05) is 23.3 Å². The minimum atomic E-state index is 0.830. The average Bonchev–Trinajstić information content (AvgIpc) is 2.93. The smallest absolute Gasteiger partial charge is 0.191 e. The molecule has 0 aliphatic rings. The Hall–Kier alpha value is -1.81. The van der Waals surface area contributed by atoms with E-state index in [2.05, 4.69) is 65.0 Å². The summed E-state index contributed by atoms with van der Waals surface area (Å²) < 4.78 is 0. The third kappa shape index (κ3) is 5.60. The highest BCUT2D eigenvalue weighted by Gasteiger charge is 2.00. The fourth-order valence-electron chi connectivity index (χ4n) is 2.12. The van der Waals surface area contributed by atoms with Crippen LogP contribution in [-0.4, -0.2) is 19.6 Å². The molecule has 2 aromatic rings. The van der Waals surface area contributed by atoms with Gasteiger partial charge < -0.3 is 10.6 Å². The topological polar surface area (TPSA) is 36.4 Å². The first kappa shape index (κ1) is 15.6. The molecule has 0 saturated carbocycles. The predicted octanol–water partition coefficient (Wildman–Crippen LogP) is 3.35. The molecule has 0 amide bonds. The maximum absolute atomic E-state index is 4.25. The molecule has 3 nitrogen and oxygen atoms in total. The summed E-state index contributed by atoms with van der Waals surface area (Å²) in [6.07, 6.45) is 2.19. The van der Waals surface area contributed by atoms with Crippen LogP contribution >= 0.6 is 11.3 Å². The molecule has 0 atom stereocenters. The highest BCUT2D eigenvalue weighted by atomic mass is 32.1. The third-order valence-electron chi connectivity index (χ3n) is 3.23. The summed E-state index contributed by atoms with van der Waals surface area (Å²) in [7, 11) is 1.81. The lowest BCUT2D eigenvalue weighted by Gasteiger charge is -2.11. The van der Waals surface area contributed by atoms with Gasteiger partial charge in [-0.15, -0.1) is 11.3 Å². The van der Waals surface area contributed by atoms with Crippen molar-refractivity contribution < 1.29 is 0 Å². The molecular weight excluding hydrogens is 278 g/mol. The van der Waals surface area contributed by atoms with Gasteiger partial charge >= 0.3 is 0 Å². The van der Waals surface area contributed by atoms with E-state index in [1.165, 1.54) is 15.3 Å². The fraction of sp³-hybridized carbons (Fsp3) is 0.353. The number of benzene rings is 1. The molecule has 1 aromatic carbocycles. The van der Waals surface area contributed by atoms with Crippen LogP contribution in [0.15, 0.2) is 47.5 Å². The molecule has 2 N–H and O–H groups in total. The molecule has 0 fully saturated rings. The maximum atomic E-state index is 4.25. The Morgan fingerprint density at radius 3 is 2.57 bits per heavy atom. The summed E-state index contributed by atoms with van der Waals surface area (Å²) in [6, 6.07) is 14.9. The lowest BCUT2D eigenvalue weighted by atomic mass is 10.1. The summed E-state index contributed by atoms with van der Waals surface area (Å²) in [5, 5.41) is 6.71. The van der Waals surface area contributed by atoms with Crippen molar-refractivity contribution in [2.45, 2.75) is 26.3 Å². The zero-order valence-electron chi connectivity index (χ0n) is 12.7. The Labute approximate surface area is 131 Å². The first-order chi connectivity index (χ1) is 10.3. The van der Waals surface area contributed by atoms with Crippen LogP contribution in [0.25, 0.3) is 0 Å². The molecule has 0 aliphatic heterocycles. The second kappa shape index (κ2) is 8.47. The van der Waals surface area contributed by atoms with Crippen molar-refractivity contribution in [3.05, 3.63) is 57.8 Å². The largest absolute Gasteiger partial charge is 0.356 e. The monoisotopic (exact) mass is 301 g/mol. The molecule has 21 heavy (non-hydrogen) atoms. The van der Waals surface area contributed by atoms with Gasteiger partial charge in [-0.05, 0) is 37.5 Å². The molecule has 0 spiro atoms. The van der Waals surface area contributed by atoms with Crippen molar-refractivity contribution in [2.24, 2.45) is 4.99 Å². The number of nitrogens with one attached hydrogen (secondary N) is 2. The van der Waals surface area contributed by atoms with Crippen LogP contribution in [0.1, 0.15) is 21.7 Å². The van der Waals surface area contributed by atoms with E-state index in [9.17, 15) is 0 Å². The van der Waals surface area contributed by atoms with Gasteiger partial charge in [0.1, 0.15) is 0 Å². The van der Waals surface area contributed by atoms with Crippen LogP contribution in [0.5, 0.6) is 0 Å². The van der Waals surface area contributed by atoms with Crippen molar-refractivity contribution >= 4 is 17.3 Å². The zero-order valence-corrected chi connectivity index (χ0v) is 13.5. The Morgan fingerprint density at radius 2 is 1.90 bits per heavy atom. The minimum absolute atomic E-state index is 0.830. The van der Waals surface area contributed by atoms with E-state index in [0.29, 0.717) is 0 Å². The van der Waals surface area contributed by atoms with Crippen LogP contribution in [-0.2, 0) is 13.0 Å². The second-order valence-corrected chi connectivity index (χ2v) is 6.33. The van der Waals surface area contributed by atoms with E-state index >= 15 is 0 Å². The molecule has 0 aliphatic carbocycles. The molecular formula is C17H23N3S. The third-order valence-corrected chi connectivity index (χ3v) is 4.23. The van der Waals surface area contributed by atoms with Gasteiger partial charge in [0.15, 0.2) is 5.96 Å². The second-order valence-electron chi connectivity index (χ2n) is 4.95. The Balaban J connectivity index is 1.66. The highest BCUT2D eigenvalue weighted by molar-refractivity contribution is 7.11. The average molecular weight is 301 g/mol. The van der Waals surface area contributed by atoms with Crippen molar-refractivity contribution in [3.63, 3.8) is 0 Å². The predicted molar refractivity (Wildman–Crippen MR) is 92.0 cm³/mol. The molecule has 0 bridgehead atoms. The van der Waals surface area contributed by atoms with Crippen LogP contribution in [0.3, 0.4) is 0 Å². The number of guanidine groups is 1. The SMILES string of the molecule is CN=C(NCCCc1ccccc1)NCc1ccc(C)s1. The number of thiophene rings is 1. The number of hydrogen-bond donors (Lipinski definition) is 2. The Morgan fingerprint density at radius 1 is 1.10 bits per heavy atom. The zero-order chi connectivity index (χ0) is 14.9. The Bertz CT molecular complexity index is 560. The molecule has 4 heteroatoms. The van der Waals surface area contributed by atoms with Crippen LogP contribution < -0.4 is 10.6 Å². The molecule has 0 radical (unpaired) electrons. The summed E-state index contributed by atoms with van der Waals surface area (Å²) >= 11 is 1.82. The van der Waals surface area contributed by atoms with Crippen molar-refractivity contribution in [1.29, 1.82) is 0 Å². The van der Waals surface area contributed by atoms with Gasteiger partial charge in [-0.25, -0.2) is 0 Å². The van der Waals surface area contributed by atoms with E-state index < -0.39 is 0 Å². The van der Waals surface area contributed by atoms with Gasteiger partial charge in [-0.2, -0.15) is 0 Å². The van der Waals surface area contributed by atoms with Crippen LogP contribution in [0.2, 0.25) is 0 Å². The first-order valence-electron chi connectivity index (χ1n) is 7.31. The fourth-order valence-corrected chi connectivity index (χ4v) is 2.95. The summed E-state index contributed by atoms with van der Waals surface area (Å²) in [4.78, 5) is 6.93. The number of hydrogen-bond acceptors (Lipinski definition) is 2. The van der Waals surface area contributed by atoms with Gasteiger partial charge in [0.2, 0.25) is 0 Å². The molecule has 2 rings (SSSR count). The van der Waals surface area contributed by atoms with Crippen LogP contribution in [0.4, 0.5) is 0 Å². The molecule has 0 saturated heterocycles.